The largest absolute Gasteiger partial charge is 0.281 e. The van der Waals surface area contributed by atoms with E-state index in [1.165, 1.54) is 15.9 Å². The van der Waals surface area contributed by atoms with Gasteiger partial charge in [-0.2, -0.15) is 5.10 Å². The zero-order valence-corrected chi connectivity index (χ0v) is 15.5. The molecule has 0 unspecified atom stereocenters. The topological polar surface area (TPSA) is 41.0 Å². The average Bonchev–Trinajstić information content (AvgIpc) is 3.13. The van der Waals surface area contributed by atoms with Crippen molar-refractivity contribution in [2.24, 2.45) is 4.74 Å². The van der Waals surface area contributed by atoms with Crippen LogP contribution >= 0.6 is 7.05 Å². The fourth-order valence-corrected chi connectivity index (χ4v) is 6.62. The van der Waals surface area contributed by atoms with Gasteiger partial charge in [-0.3, -0.25) is 5.10 Å². The van der Waals surface area contributed by atoms with E-state index >= 15 is 0 Å². The molecule has 4 aromatic rings. The van der Waals surface area contributed by atoms with Crippen molar-refractivity contribution in [2.75, 3.05) is 0 Å². The first-order valence-corrected chi connectivity index (χ1v) is 10.3. The van der Waals surface area contributed by atoms with Crippen LogP contribution in [0.25, 0.3) is 0 Å². The van der Waals surface area contributed by atoms with Crippen molar-refractivity contribution in [1.29, 1.82) is 0 Å². The van der Waals surface area contributed by atoms with Crippen LogP contribution < -0.4 is 15.9 Å². The molecule has 0 spiro atoms. The van der Waals surface area contributed by atoms with Crippen LogP contribution in [-0.4, -0.2) is 10.2 Å². The summed E-state index contributed by atoms with van der Waals surface area (Å²) in [5.74, 6) is 0.743. The summed E-state index contributed by atoms with van der Waals surface area (Å²) in [4.78, 5) is 0. The van der Waals surface area contributed by atoms with Crippen molar-refractivity contribution < 1.29 is 0 Å². The third-order valence-corrected chi connectivity index (χ3v) is 7.98. The molecule has 0 aliphatic rings. The molecule has 4 heteroatoms. The van der Waals surface area contributed by atoms with Gasteiger partial charge in [-0.05, 0) is 6.92 Å². The number of H-pyrrole nitrogens is 1. The van der Waals surface area contributed by atoms with E-state index in [1.807, 2.05) is 31.2 Å². The number of hydrogen-bond donors (Lipinski definition) is 1. The maximum absolute atomic E-state index is 5.29. The molecule has 0 saturated heterocycles. The van der Waals surface area contributed by atoms with Gasteiger partial charge in [0, 0.05) is 27.7 Å². The van der Waals surface area contributed by atoms with Crippen LogP contribution in [-0.2, 0) is 0 Å². The summed E-state index contributed by atoms with van der Waals surface area (Å²) in [5, 5.41) is 11.1. The number of benzene rings is 3. The Morgan fingerprint density at radius 3 is 1.46 bits per heavy atom. The first-order chi connectivity index (χ1) is 12.8. The normalized spacial score (nSPS) is 11.3. The predicted octanol–water partition coefficient (Wildman–Crippen LogP) is 4.53. The second kappa shape index (κ2) is 7.15. The second-order valence-corrected chi connectivity index (χ2v) is 9.17. The molecule has 4 rings (SSSR count). The van der Waals surface area contributed by atoms with Crippen molar-refractivity contribution in [3.63, 3.8) is 0 Å². The van der Waals surface area contributed by atoms with Crippen molar-refractivity contribution >= 4 is 28.8 Å². The van der Waals surface area contributed by atoms with Crippen LogP contribution in [0.15, 0.2) is 102 Å². The maximum atomic E-state index is 5.29. The highest BCUT2D eigenvalue weighted by Gasteiger charge is 2.27. The standard InChI is InChI=1S/C22H20N3P/c1-18-17-22(24-23-18)25-26(19-11-5-2-6-12-19,20-13-7-3-8-14-20)21-15-9-4-10-16-21/h2-17H,1H3,(H,23,24). The molecular formula is C22H20N3P. The summed E-state index contributed by atoms with van der Waals surface area (Å²) in [5.41, 5.74) is 1.01. The van der Waals surface area contributed by atoms with E-state index in [0.717, 1.165) is 11.5 Å². The van der Waals surface area contributed by atoms with Crippen LogP contribution in [0.5, 0.6) is 0 Å². The van der Waals surface area contributed by atoms with Gasteiger partial charge < -0.3 is 0 Å². The summed E-state index contributed by atoms with van der Waals surface area (Å²) >= 11 is 0. The highest BCUT2D eigenvalue weighted by atomic mass is 31.2. The van der Waals surface area contributed by atoms with Gasteiger partial charge in [0.1, 0.15) is 0 Å². The molecule has 3 aromatic carbocycles. The summed E-state index contributed by atoms with van der Waals surface area (Å²) in [6.07, 6.45) is 0. The molecule has 0 fully saturated rings. The quantitative estimate of drug-likeness (QED) is 0.536. The smallest absolute Gasteiger partial charge is 0.173 e. The van der Waals surface area contributed by atoms with E-state index in [0.29, 0.717) is 0 Å². The van der Waals surface area contributed by atoms with E-state index in [9.17, 15) is 0 Å². The van der Waals surface area contributed by atoms with E-state index in [2.05, 4.69) is 83.0 Å². The lowest BCUT2D eigenvalue weighted by Crippen LogP contribution is -2.25. The monoisotopic (exact) mass is 357 g/mol. The van der Waals surface area contributed by atoms with Crippen molar-refractivity contribution in [3.05, 3.63) is 103 Å². The lowest BCUT2D eigenvalue weighted by atomic mass is 10.4. The van der Waals surface area contributed by atoms with Crippen molar-refractivity contribution in [2.45, 2.75) is 6.92 Å². The molecule has 128 valence electrons. The van der Waals surface area contributed by atoms with Crippen LogP contribution in [0.2, 0.25) is 0 Å². The van der Waals surface area contributed by atoms with E-state index in [-0.39, 0.29) is 0 Å². The minimum Gasteiger partial charge on any atom is -0.281 e. The summed E-state index contributed by atoms with van der Waals surface area (Å²) in [7, 11) is -2.22. The Balaban J connectivity index is 2.12. The molecule has 0 bridgehead atoms. The molecular weight excluding hydrogens is 337 g/mol. The fraction of sp³-hybridized carbons (Fsp3) is 0.0455. The van der Waals surface area contributed by atoms with Gasteiger partial charge in [0.05, 0.1) is 7.05 Å². The third kappa shape index (κ3) is 3.02. The van der Waals surface area contributed by atoms with E-state index in [1.54, 1.807) is 0 Å². The van der Waals surface area contributed by atoms with Gasteiger partial charge in [0.15, 0.2) is 5.82 Å². The minimum atomic E-state index is -2.22. The van der Waals surface area contributed by atoms with Gasteiger partial charge in [0.25, 0.3) is 0 Å². The number of nitrogens with one attached hydrogen (secondary N) is 1. The molecule has 1 heterocycles. The number of aromatic amines is 1. The lowest BCUT2D eigenvalue weighted by Gasteiger charge is -2.26. The SMILES string of the molecule is Cc1cc(N=P(c2ccccc2)(c2ccccc2)c2ccccc2)n[nH]1. The lowest BCUT2D eigenvalue weighted by molar-refractivity contribution is 1.04. The Morgan fingerprint density at radius 2 is 1.12 bits per heavy atom. The van der Waals surface area contributed by atoms with Crippen LogP contribution in [0.3, 0.4) is 0 Å². The summed E-state index contributed by atoms with van der Waals surface area (Å²) < 4.78 is 5.29. The Bertz CT molecular complexity index is 935. The number of rotatable bonds is 4. The molecule has 0 saturated carbocycles. The van der Waals surface area contributed by atoms with Crippen molar-refractivity contribution in [3.8, 4) is 0 Å². The van der Waals surface area contributed by atoms with Crippen LogP contribution in [0.1, 0.15) is 5.69 Å². The molecule has 1 N–H and O–H groups in total. The Morgan fingerprint density at radius 1 is 0.692 bits per heavy atom. The molecule has 0 aliphatic heterocycles. The Hall–Kier alpha value is -2.90. The highest BCUT2D eigenvalue weighted by Crippen LogP contribution is 2.48. The fourth-order valence-electron chi connectivity index (χ4n) is 3.16. The van der Waals surface area contributed by atoms with Gasteiger partial charge in [-0.15, -0.1) is 0 Å². The molecule has 26 heavy (non-hydrogen) atoms. The Labute approximate surface area is 153 Å². The predicted molar refractivity (Wildman–Crippen MR) is 111 cm³/mol. The number of aromatic nitrogens is 2. The molecule has 0 radical (unpaired) electrons. The van der Waals surface area contributed by atoms with Gasteiger partial charge in [-0.25, -0.2) is 4.74 Å². The third-order valence-electron chi connectivity index (χ3n) is 4.33. The molecule has 0 atom stereocenters. The molecule has 3 nitrogen and oxygen atoms in total. The molecule has 1 aromatic heterocycles. The first kappa shape index (κ1) is 16.6. The summed E-state index contributed by atoms with van der Waals surface area (Å²) in [6, 6.07) is 33.7. The zero-order chi connectivity index (χ0) is 17.8. The van der Waals surface area contributed by atoms with Gasteiger partial charge in [-0.1, -0.05) is 91.0 Å². The Kier molecular flexibility index (Phi) is 4.55. The second-order valence-electron chi connectivity index (χ2n) is 6.15. The highest BCUT2D eigenvalue weighted by molar-refractivity contribution is 7.87. The molecule has 0 amide bonds. The minimum absolute atomic E-state index is 0.743. The van der Waals surface area contributed by atoms with Crippen LogP contribution in [0.4, 0.5) is 5.82 Å². The van der Waals surface area contributed by atoms with Gasteiger partial charge >= 0.3 is 0 Å². The zero-order valence-electron chi connectivity index (χ0n) is 14.6. The maximum Gasteiger partial charge on any atom is 0.173 e. The number of hydrogen-bond acceptors (Lipinski definition) is 2. The average molecular weight is 357 g/mol. The summed E-state index contributed by atoms with van der Waals surface area (Å²) in [6.45, 7) is 2.00. The van der Waals surface area contributed by atoms with Crippen molar-refractivity contribution in [1.82, 2.24) is 10.2 Å². The number of nitrogens with zero attached hydrogens (tertiary/aromatic N) is 2. The van der Waals surface area contributed by atoms with Crippen LogP contribution in [0, 0.1) is 6.92 Å². The van der Waals surface area contributed by atoms with E-state index in [4.69, 9.17) is 4.74 Å². The van der Waals surface area contributed by atoms with Gasteiger partial charge in [0.2, 0.25) is 0 Å². The number of aryl methyl sites for hydroxylation is 1. The molecule has 0 aliphatic carbocycles. The van der Waals surface area contributed by atoms with E-state index < -0.39 is 7.05 Å². The first-order valence-electron chi connectivity index (χ1n) is 8.60.